The van der Waals surface area contributed by atoms with Gasteiger partial charge in [0.1, 0.15) is 17.8 Å². The minimum absolute atomic E-state index is 0.117. The first-order valence-electron chi connectivity index (χ1n) is 5.03. The van der Waals surface area contributed by atoms with E-state index >= 15 is 0 Å². The molecule has 0 fully saturated rings. The van der Waals surface area contributed by atoms with Gasteiger partial charge < -0.3 is 0 Å². The summed E-state index contributed by atoms with van der Waals surface area (Å²) in [6.45, 7) is 2.80. The van der Waals surface area contributed by atoms with E-state index in [0.29, 0.717) is 6.42 Å². The molecule has 2 rings (SSSR count). The van der Waals surface area contributed by atoms with Crippen LogP contribution in [0.1, 0.15) is 24.5 Å². The minimum atomic E-state index is -0.117. The van der Waals surface area contributed by atoms with E-state index in [0.717, 1.165) is 18.1 Å². The number of aryl methyl sites for hydroxylation is 1. The number of nitrogens with one attached hydrogen (secondary N) is 2. The first-order chi connectivity index (χ1) is 7.85. The highest BCUT2D eigenvalue weighted by Crippen LogP contribution is 2.12. The van der Waals surface area contributed by atoms with Gasteiger partial charge in [-0.2, -0.15) is 20.5 Å². The lowest BCUT2D eigenvalue weighted by atomic mass is 10.1. The molecule has 0 aromatic carbocycles. The second kappa shape index (κ2) is 4.81. The van der Waals surface area contributed by atoms with Crippen molar-refractivity contribution in [3.63, 3.8) is 0 Å². The Kier molecular flexibility index (Phi) is 3.22. The normalized spacial score (nSPS) is 12.9. The van der Waals surface area contributed by atoms with E-state index in [1.165, 1.54) is 6.33 Å². The third-order valence-corrected chi connectivity index (χ3v) is 2.37. The highest BCUT2D eigenvalue weighted by Gasteiger charge is 2.16. The average Bonchev–Trinajstić information content (AvgIpc) is 2.96. The molecule has 0 amide bonds. The molecule has 0 saturated heterocycles. The van der Waals surface area contributed by atoms with Crippen LogP contribution in [0.4, 0.5) is 0 Å². The second-order valence-corrected chi connectivity index (χ2v) is 3.31. The van der Waals surface area contributed by atoms with Gasteiger partial charge in [0, 0.05) is 13.0 Å². The van der Waals surface area contributed by atoms with Crippen molar-refractivity contribution in [3.8, 4) is 0 Å². The molecule has 8 heteroatoms. The molecule has 0 aliphatic rings. The smallest absolute Gasteiger partial charge is 0.138 e. The monoisotopic (exact) mass is 222 g/mol. The lowest BCUT2D eigenvalue weighted by Gasteiger charge is -2.12. The van der Waals surface area contributed by atoms with E-state index in [1.54, 1.807) is 6.20 Å². The van der Waals surface area contributed by atoms with E-state index in [4.69, 9.17) is 5.84 Å². The van der Waals surface area contributed by atoms with Gasteiger partial charge in [0.2, 0.25) is 0 Å². The zero-order chi connectivity index (χ0) is 11.4. The molecule has 0 bridgehead atoms. The van der Waals surface area contributed by atoms with Crippen LogP contribution in [0.3, 0.4) is 0 Å². The van der Waals surface area contributed by atoms with Crippen LogP contribution >= 0.6 is 0 Å². The van der Waals surface area contributed by atoms with E-state index in [9.17, 15) is 0 Å². The number of rotatable bonds is 5. The third-order valence-electron chi connectivity index (χ3n) is 2.37. The predicted molar refractivity (Wildman–Crippen MR) is 55.8 cm³/mol. The van der Waals surface area contributed by atoms with Crippen molar-refractivity contribution in [2.24, 2.45) is 5.84 Å². The first kappa shape index (κ1) is 10.7. The van der Waals surface area contributed by atoms with E-state index in [2.05, 4.69) is 30.9 Å². The molecular formula is C8H14N8. The Bertz CT molecular complexity index is 419. The molecule has 0 radical (unpaired) electrons. The summed E-state index contributed by atoms with van der Waals surface area (Å²) >= 11 is 0. The standard InChI is InChI=1S/C8H14N8/c1-2-16-8(10-5-12-16)3-6(13-9)7-4-11-15-14-7/h4-6,13H,2-3,9H2,1H3,(H,11,14,15). The van der Waals surface area contributed by atoms with Gasteiger partial charge in [-0.15, -0.1) is 0 Å². The molecule has 2 aromatic rings. The molecule has 0 saturated carbocycles. The van der Waals surface area contributed by atoms with Crippen molar-refractivity contribution in [3.05, 3.63) is 24.0 Å². The summed E-state index contributed by atoms with van der Waals surface area (Å²) in [5, 5.41) is 14.4. The molecule has 86 valence electrons. The van der Waals surface area contributed by atoms with Crippen LogP contribution < -0.4 is 11.3 Å². The summed E-state index contributed by atoms with van der Waals surface area (Å²) in [5.41, 5.74) is 3.45. The van der Waals surface area contributed by atoms with Crippen LogP contribution in [0.2, 0.25) is 0 Å². The topological polar surface area (TPSA) is 110 Å². The van der Waals surface area contributed by atoms with Gasteiger partial charge in [-0.1, -0.05) is 0 Å². The number of nitrogens with zero attached hydrogens (tertiary/aromatic N) is 5. The molecule has 0 spiro atoms. The molecular weight excluding hydrogens is 208 g/mol. The van der Waals surface area contributed by atoms with E-state index < -0.39 is 0 Å². The maximum Gasteiger partial charge on any atom is 0.138 e. The Morgan fingerprint density at radius 1 is 1.62 bits per heavy atom. The fourth-order valence-corrected chi connectivity index (χ4v) is 1.52. The van der Waals surface area contributed by atoms with Gasteiger partial charge >= 0.3 is 0 Å². The minimum Gasteiger partial charge on any atom is -0.271 e. The number of hydrogen-bond acceptors (Lipinski definition) is 6. The van der Waals surface area contributed by atoms with Gasteiger partial charge in [-0.05, 0) is 6.92 Å². The number of aromatic amines is 1. The van der Waals surface area contributed by atoms with Crippen molar-refractivity contribution in [2.75, 3.05) is 0 Å². The van der Waals surface area contributed by atoms with Crippen molar-refractivity contribution >= 4 is 0 Å². The lowest BCUT2D eigenvalue weighted by molar-refractivity contribution is 0.500. The Labute approximate surface area is 92.2 Å². The number of aromatic nitrogens is 6. The van der Waals surface area contributed by atoms with Crippen LogP contribution in [0.5, 0.6) is 0 Å². The molecule has 0 aliphatic carbocycles. The summed E-state index contributed by atoms with van der Waals surface area (Å²) in [6, 6.07) is -0.117. The summed E-state index contributed by atoms with van der Waals surface area (Å²) in [6.07, 6.45) is 3.79. The summed E-state index contributed by atoms with van der Waals surface area (Å²) in [5.74, 6) is 6.35. The number of nitrogens with two attached hydrogens (primary N) is 1. The molecule has 0 aliphatic heterocycles. The zero-order valence-electron chi connectivity index (χ0n) is 8.96. The SMILES string of the molecule is CCn1ncnc1CC(NN)c1cn[nH]n1. The van der Waals surface area contributed by atoms with Crippen LogP contribution in [0.15, 0.2) is 12.5 Å². The van der Waals surface area contributed by atoms with Crippen molar-refractivity contribution < 1.29 is 0 Å². The van der Waals surface area contributed by atoms with Gasteiger partial charge in [0.05, 0.1) is 12.2 Å². The first-order valence-corrected chi connectivity index (χ1v) is 5.03. The summed E-state index contributed by atoms with van der Waals surface area (Å²) in [4.78, 5) is 4.18. The highest BCUT2D eigenvalue weighted by atomic mass is 15.4. The van der Waals surface area contributed by atoms with Crippen LogP contribution in [-0.2, 0) is 13.0 Å². The Morgan fingerprint density at radius 3 is 3.12 bits per heavy atom. The fourth-order valence-electron chi connectivity index (χ4n) is 1.52. The Balaban J connectivity index is 2.13. The predicted octanol–water partition coefficient (Wildman–Crippen LogP) is -0.837. The number of H-pyrrole nitrogens is 1. The highest BCUT2D eigenvalue weighted by molar-refractivity contribution is 5.03. The molecule has 4 N–H and O–H groups in total. The summed E-state index contributed by atoms with van der Waals surface area (Å²) < 4.78 is 1.82. The third kappa shape index (κ3) is 2.07. The van der Waals surface area contributed by atoms with Gasteiger partial charge in [-0.25, -0.2) is 4.98 Å². The Morgan fingerprint density at radius 2 is 2.50 bits per heavy atom. The average molecular weight is 222 g/mol. The molecule has 2 aromatic heterocycles. The Hall–Kier alpha value is -1.80. The molecule has 2 heterocycles. The van der Waals surface area contributed by atoms with E-state index in [-0.39, 0.29) is 6.04 Å². The quantitative estimate of drug-likeness (QED) is 0.449. The maximum atomic E-state index is 5.48. The summed E-state index contributed by atoms with van der Waals surface area (Å²) in [7, 11) is 0. The lowest BCUT2D eigenvalue weighted by Crippen LogP contribution is -2.30. The zero-order valence-corrected chi connectivity index (χ0v) is 8.96. The van der Waals surface area contributed by atoms with Gasteiger partial charge in [0.15, 0.2) is 0 Å². The van der Waals surface area contributed by atoms with E-state index in [1.807, 2.05) is 11.6 Å². The molecule has 8 nitrogen and oxygen atoms in total. The fraction of sp³-hybridized carbons (Fsp3) is 0.500. The van der Waals surface area contributed by atoms with Crippen LogP contribution in [-0.4, -0.2) is 30.2 Å². The van der Waals surface area contributed by atoms with Crippen molar-refractivity contribution in [2.45, 2.75) is 25.9 Å². The second-order valence-electron chi connectivity index (χ2n) is 3.31. The van der Waals surface area contributed by atoms with Crippen LogP contribution in [0, 0.1) is 0 Å². The van der Waals surface area contributed by atoms with Gasteiger partial charge in [-0.3, -0.25) is 16.0 Å². The number of hydrazine groups is 1. The van der Waals surface area contributed by atoms with Crippen LogP contribution in [0.25, 0.3) is 0 Å². The van der Waals surface area contributed by atoms with Gasteiger partial charge in [0.25, 0.3) is 0 Å². The maximum absolute atomic E-state index is 5.48. The van der Waals surface area contributed by atoms with Crippen molar-refractivity contribution in [1.82, 2.24) is 35.6 Å². The largest absolute Gasteiger partial charge is 0.271 e. The van der Waals surface area contributed by atoms with Crippen molar-refractivity contribution in [1.29, 1.82) is 0 Å². The molecule has 16 heavy (non-hydrogen) atoms. The number of hydrogen-bond donors (Lipinski definition) is 3. The molecule has 1 atom stereocenters. The molecule has 1 unspecified atom stereocenters.